The molecule has 1 amide bonds. The molecule has 1 atom stereocenters. The lowest BCUT2D eigenvalue weighted by atomic mass is 9.86. The number of rotatable bonds is 6. The van der Waals surface area contributed by atoms with E-state index in [0.717, 1.165) is 0 Å². The van der Waals surface area contributed by atoms with Crippen LogP contribution in [-0.2, 0) is 14.3 Å². The molecule has 0 bridgehead atoms. The maximum atomic E-state index is 12.0. The summed E-state index contributed by atoms with van der Waals surface area (Å²) in [6.07, 6.45) is 0. The van der Waals surface area contributed by atoms with Crippen molar-refractivity contribution in [1.29, 1.82) is 0 Å². The highest BCUT2D eigenvalue weighted by Gasteiger charge is 2.31. The van der Waals surface area contributed by atoms with Crippen molar-refractivity contribution in [3.05, 3.63) is 0 Å². The largest absolute Gasteiger partial charge is 0.480 e. The predicted octanol–water partition coefficient (Wildman–Crippen LogP) is -0.0806. The number of carboxylic acids is 1. The average molecular weight is 246 g/mol. The molecule has 6 heteroatoms. The number of nitrogens with two attached hydrogens (primary N) is 1. The molecule has 0 rings (SSSR count). The second-order valence-electron chi connectivity index (χ2n) is 4.99. The molecule has 0 aliphatic rings. The van der Waals surface area contributed by atoms with Crippen LogP contribution < -0.4 is 5.73 Å². The Morgan fingerprint density at radius 1 is 1.41 bits per heavy atom. The van der Waals surface area contributed by atoms with Crippen LogP contribution in [0.1, 0.15) is 20.8 Å². The SMILES string of the molecule is COCCN(CC(=O)O)C(=O)C(N)C(C)(C)C. The maximum absolute atomic E-state index is 12.0. The number of methoxy groups -OCH3 is 1. The summed E-state index contributed by atoms with van der Waals surface area (Å²) in [5, 5.41) is 8.74. The number of aliphatic carboxylic acids is 1. The van der Waals surface area contributed by atoms with Gasteiger partial charge in [-0.05, 0) is 5.41 Å². The van der Waals surface area contributed by atoms with Gasteiger partial charge >= 0.3 is 5.97 Å². The third-order valence-corrected chi connectivity index (χ3v) is 2.40. The van der Waals surface area contributed by atoms with Gasteiger partial charge in [0.2, 0.25) is 5.91 Å². The van der Waals surface area contributed by atoms with E-state index < -0.39 is 17.4 Å². The molecule has 0 saturated heterocycles. The summed E-state index contributed by atoms with van der Waals surface area (Å²) in [4.78, 5) is 23.9. The first-order chi connectivity index (χ1) is 7.70. The Morgan fingerprint density at radius 3 is 2.29 bits per heavy atom. The minimum absolute atomic E-state index is 0.228. The first-order valence-electron chi connectivity index (χ1n) is 5.45. The zero-order valence-corrected chi connectivity index (χ0v) is 10.9. The molecule has 100 valence electrons. The fourth-order valence-corrected chi connectivity index (χ4v) is 1.20. The molecule has 6 nitrogen and oxygen atoms in total. The van der Waals surface area contributed by atoms with Gasteiger partial charge in [0.1, 0.15) is 6.54 Å². The zero-order chi connectivity index (χ0) is 13.6. The van der Waals surface area contributed by atoms with Crippen molar-refractivity contribution in [2.24, 2.45) is 11.1 Å². The smallest absolute Gasteiger partial charge is 0.323 e. The van der Waals surface area contributed by atoms with Crippen molar-refractivity contribution in [3.63, 3.8) is 0 Å². The van der Waals surface area contributed by atoms with E-state index in [2.05, 4.69) is 0 Å². The van der Waals surface area contributed by atoms with Crippen LogP contribution in [0.25, 0.3) is 0 Å². The standard InChI is InChI=1S/C11H22N2O4/c1-11(2,3)9(12)10(16)13(5-6-17-4)7-8(14)15/h9H,5-7,12H2,1-4H3,(H,14,15). The lowest BCUT2D eigenvalue weighted by Gasteiger charge is -2.31. The summed E-state index contributed by atoms with van der Waals surface area (Å²) in [5.41, 5.74) is 5.42. The lowest BCUT2D eigenvalue weighted by Crippen LogP contribution is -2.52. The molecule has 0 aliphatic carbocycles. The van der Waals surface area contributed by atoms with Gasteiger partial charge in [-0.15, -0.1) is 0 Å². The Kier molecular flexibility index (Phi) is 6.12. The molecule has 0 saturated carbocycles. The quantitative estimate of drug-likeness (QED) is 0.683. The van der Waals surface area contributed by atoms with Crippen molar-refractivity contribution < 1.29 is 19.4 Å². The van der Waals surface area contributed by atoms with Crippen molar-refractivity contribution in [2.45, 2.75) is 26.8 Å². The second kappa shape index (κ2) is 6.56. The van der Waals surface area contributed by atoms with Gasteiger partial charge in [0.15, 0.2) is 0 Å². The van der Waals surface area contributed by atoms with E-state index in [0.29, 0.717) is 0 Å². The first-order valence-corrected chi connectivity index (χ1v) is 5.45. The molecule has 0 aromatic heterocycles. The molecule has 0 aromatic carbocycles. The predicted molar refractivity (Wildman–Crippen MR) is 63.5 cm³/mol. The fourth-order valence-electron chi connectivity index (χ4n) is 1.20. The third-order valence-electron chi connectivity index (χ3n) is 2.40. The van der Waals surface area contributed by atoms with E-state index in [1.165, 1.54) is 12.0 Å². The minimum atomic E-state index is -1.06. The third kappa shape index (κ3) is 5.65. The Morgan fingerprint density at radius 2 is 1.94 bits per heavy atom. The molecule has 17 heavy (non-hydrogen) atoms. The number of nitrogens with zero attached hydrogens (tertiary/aromatic N) is 1. The Labute approximate surface area is 102 Å². The summed E-state index contributed by atoms with van der Waals surface area (Å²) < 4.78 is 4.84. The molecular weight excluding hydrogens is 224 g/mol. The van der Waals surface area contributed by atoms with Crippen LogP contribution in [-0.4, -0.2) is 54.7 Å². The minimum Gasteiger partial charge on any atom is -0.480 e. The van der Waals surface area contributed by atoms with E-state index >= 15 is 0 Å². The Balaban J connectivity index is 4.67. The second-order valence-corrected chi connectivity index (χ2v) is 4.99. The van der Waals surface area contributed by atoms with E-state index in [-0.39, 0.29) is 25.6 Å². The van der Waals surface area contributed by atoms with Crippen LogP contribution >= 0.6 is 0 Å². The van der Waals surface area contributed by atoms with Crippen LogP contribution in [0.5, 0.6) is 0 Å². The number of ether oxygens (including phenoxy) is 1. The fraction of sp³-hybridized carbons (Fsp3) is 0.818. The van der Waals surface area contributed by atoms with Gasteiger partial charge in [-0.2, -0.15) is 0 Å². The molecule has 0 heterocycles. The molecule has 0 aliphatic heterocycles. The summed E-state index contributed by atoms with van der Waals surface area (Å²) >= 11 is 0. The van der Waals surface area contributed by atoms with Crippen LogP contribution in [0.4, 0.5) is 0 Å². The van der Waals surface area contributed by atoms with Gasteiger partial charge in [-0.1, -0.05) is 20.8 Å². The van der Waals surface area contributed by atoms with Crippen molar-refractivity contribution in [1.82, 2.24) is 4.90 Å². The number of hydrogen-bond donors (Lipinski definition) is 2. The molecule has 1 unspecified atom stereocenters. The number of carboxylic acid groups (broad SMARTS) is 1. The lowest BCUT2D eigenvalue weighted by molar-refractivity contribution is -0.146. The zero-order valence-electron chi connectivity index (χ0n) is 10.9. The summed E-state index contributed by atoms with van der Waals surface area (Å²) in [7, 11) is 1.49. The summed E-state index contributed by atoms with van der Waals surface area (Å²) in [6.45, 7) is 5.67. The first kappa shape index (κ1) is 15.9. The van der Waals surface area contributed by atoms with Gasteiger partial charge in [0.25, 0.3) is 0 Å². The van der Waals surface area contributed by atoms with E-state index in [1.807, 2.05) is 20.8 Å². The summed E-state index contributed by atoms with van der Waals surface area (Å²) in [5.74, 6) is -1.42. The average Bonchev–Trinajstić information content (AvgIpc) is 2.20. The van der Waals surface area contributed by atoms with Gasteiger partial charge in [0.05, 0.1) is 12.6 Å². The summed E-state index contributed by atoms with van der Waals surface area (Å²) in [6, 6.07) is -0.723. The van der Waals surface area contributed by atoms with Gasteiger partial charge in [-0.25, -0.2) is 0 Å². The van der Waals surface area contributed by atoms with Crippen LogP contribution in [0, 0.1) is 5.41 Å². The molecule has 3 N–H and O–H groups in total. The van der Waals surface area contributed by atoms with Gasteiger partial charge in [0, 0.05) is 13.7 Å². The number of amides is 1. The molecule has 0 aromatic rings. The molecule has 0 fully saturated rings. The van der Waals surface area contributed by atoms with E-state index in [4.69, 9.17) is 15.6 Å². The maximum Gasteiger partial charge on any atom is 0.323 e. The van der Waals surface area contributed by atoms with Crippen LogP contribution in [0.2, 0.25) is 0 Å². The van der Waals surface area contributed by atoms with Crippen molar-refractivity contribution in [3.8, 4) is 0 Å². The van der Waals surface area contributed by atoms with Gasteiger partial charge in [-0.3, -0.25) is 9.59 Å². The molecule has 0 radical (unpaired) electrons. The highest BCUT2D eigenvalue weighted by molar-refractivity contribution is 5.85. The topological polar surface area (TPSA) is 92.9 Å². The van der Waals surface area contributed by atoms with E-state index in [1.54, 1.807) is 0 Å². The normalized spacial score (nSPS) is 13.2. The highest BCUT2D eigenvalue weighted by Crippen LogP contribution is 2.19. The Bertz CT molecular complexity index is 273. The molecule has 0 spiro atoms. The molecular formula is C11H22N2O4. The monoisotopic (exact) mass is 246 g/mol. The van der Waals surface area contributed by atoms with Crippen LogP contribution in [0.3, 0.4) is 0 Å². The van der Waals surface area contributed by atoms with Crippen molar-refractivity contribution >= 4 is 11.9 Å². The van der Waals surface area contributed by atoms with Crippen molar-refractivity contribution in [2.75, 3.05) is 26.8 Å². The highest BCUT2D eigenvalue weighted by atomic mass is 16.5. The number of carbonyl (C=O) groups excluding carboxylic acids is 1. The number of carbonyl (C=O) groups is 2. The Hall–Kier alpha value is -1.14. The van der Waals surface area contributed by atoms with Crippen LogP contribution in [0.15, 0.2) is 0 Å². The van der Waals surface area contributed by atoms with Gasteiger partial charge < -0.3 is 20.5 Å². The number of hydrogen-bond acceptors (Lipinski definition) is 4. The van der Waals surface area contributed by atoms with E-state index in [9.17, 15) is 9.59 Å².